The molecule has 9 heteroatoms. The Morgan fingerprint density at radius 2 is 1.97 bits per heavy atom. The lowest BCUT2D eigenvalue weighted by Gasteiger charge is -2.32. The Kier molecular flexibility index (Phi) is 9.90. The van der Waals surface area contributed by atoms with Crippen LogP contribution in [0.4, 0.5) is 5.69 Å². The molecule has 1 aliphatic rings. The van der Waals surface area contributed by atoms with Crippen molar-refractivity contribution in [2.24, 2.45) is 0 Å². The number of amides is 2. The second kappa shape index (κ2) is 13.1. The number of halogens is 1. The highest BCUT2D eigenvalue weighted by Crippen LogP contribution is 2.29. The molecular weight excluding hydrogens is 484 g/mol. The van der Waals surface area contributed by atoms with Crippen molar-refractivity contribution in [3.8, 4) is 11.5 Å². The molecule has 1 N–H and O–H groups in total. The molecule has 0 bridgehead atoms. The highest BCUT2D eigenvalue weighted by Gasteiger charge is 2.24. The first-order valence-corrected chi connectivity index (χ1v) is 12.1. The standard InChI is InChI=1S/C27H31ClN2O6/c1-18(31)4-5-20-6-10-25(26(14-20)34-3)36-17-23-16-30(12-13-35-23)27(33)11-8-21-7-9-22(28)15-24(21)29-19(2)32/h6-11,14-15,23H,4-5,12-13,16-17H2,1-3H3,(H,29,32)/b11-8+. The number of methoxy groups -OCH3 is 1. The van der Waals surface area contributed by atoms with Gasteiger partial charge in [0, 0.05) is 36.7 Å². The molecule has 0 spiro atoms. The summed E-state index contributed by atoms with van der Waals surface area (Å²) in [5.41, 5.74) is 2.21. The first-order chi connectivity index (χ1) is 17.2. The molecule has 1 aliphatic heterocycles. The number of hydrogen-bond acceptors (Lipinski definition) is 6. The zero-order valence-corrected chi connectivity index (χ0v) is 21.5. The normalized spacial score (nSPS) is 15.6. The number of benzene rings is 2. The highest BCUT2D eigenvalue weighted by molar-refractivity contribution is 6.31. The fourth-order valence-electron chi connectivity index (χ4n) is 3.75. The summed E-state index contributed by atoms with van der Waals surface area (Å²) in [6.45, 7) is 4.47. The summed E-state index contributed by atoms with van der Waals surface area (Å²) >= 11 is 6.03. The molecular formula is C27H31ClN2O6. The van der Waals surface area contributed by atoms with Crippen LogP contribution in [0.5, 0.6) is 11.5 Å². The summed E-state index contributed by atoms with van der Waals surface area (Å²) in [7, 11) is 1.57. The van der Waals surface area contributed by atoms with Crippen LogP contribution in [0.1, 0.15) is 31.4 Å². The minimum absolute atomic E-state index is 0.138. The maximum atomic E-state index is 12.8. The van der Waals surface area contributed by atoms with Crippen LogP contribution in [0.15, 0.2) is 42.5 Å². The fraction of sp³-hybridized carbons (Fsp3) is 0.370. The number of carbonyl (C=O) groups is 3. The van der Waals surface area contributed by atoms with E-state index in [0.717, 1.165) is 5.56 Å². The van der Waals surface area contributed by atoms with Gasteiger partial charge in [0.2, 0.25) is 11.8 Å². The molecule has 1 heterocycles. The van der Waals surface area contributed by atoms with E-state index >= 15 is 0 Å². The second-order valence-corrected chi connectivity index (χ2v) is 8.96. The van der Waals surface area contributed by atoms with Crippen LogP contribution in [0.3, 0.4) is 0 Å². The van der Waals surface area contributed by atoms with Gasteiger partial charge in [0.1, 0.15) is 18.5 Å². The van der Waals surface area contributed by atoms with Gasteiger partial charge >= 0.3 is 0 Å². The molecule has 2 aromatic carbocycles. The Balaban J connectivity index is 1.58. The van der Waals surface area contributed by atoms with Crippen LogP contribution < -0.4 is 14.8 Å². The minimum atomic E-state index is -0.302. The molecule has 1 saturated heterocycles. The van der Waals surface area contributed by atoms with Crippen molar-refractivity contribution < 1.29 is 28.6 Å². The zero-order chi connectivity index (χ0) is 26.1. The predicted octanol–water partition coefficient (Wildman–Crippen LogP) is 4.15. The third kappa shape index (κ3) is 8.10. The molecule has 2 amide bonds. The number of nitrogens with zero attached hydrogens (tertiary/aromatic N) is 1. The van der Waals surface area contributed by atoms with Crippen molar-refractivity contribution in [1.82, 2.24) is 4.90 Å². The number of Topliss-reactive ketones (excluding diaryl/α,β-unsaturated/α-hetero) is 1. The quantitative estimate of drug-likeness (QED) is 0.479. The summed E-state index contributed by atoms with van der Waals surface area (Å²) in [5, 5.41) is 3.21. The van der Waals surface area contributed by atoms with Crippen LogP contribution >= 0.6 is 11.6 Å². The first-order valence-electron chi connectivity index (χ1n) is 11.7. The lowest BCUT2D eigenvalue weighted by atomic mass is 10.1. The molecule has 1 atom stereocenters. The number of ether oxygens (including phenoxy) is 3. The largest absolute Gasteiger partial charge is 0.493 e. The summed E-state index contributed by atoms with van der Waals surface area (Å²) in [6, 6.07) is 10.7. The Morgan fingerprint density at radius 1 is 1.17 bits per heavy atom. The van der Waals surface area contributed by atoms with Gasteiger partial charge in [-0.25, -0.2) is 0 Å². The molecule has 0 saturated carbocycles. The average molecular weight is 515 g/mol. The first kappa shape index (κ1) is 27.2. The molecule has 0 aromatic heterocycles. The monoisotopic (exact) mass is 514 g/mol. The number of nitrogens with one attached hydrogen (secondary N) is 1. The van der Waals surface area contributed by atoms with Crippen LogP contribution in [0.25, 0.3) is 6.08 Å². The molecule has 1 unspecified atom stereocenters. The van der Waals surface area contributed by atoms with Gasteiger partial charge in [0.05, 0.1) is 20.3 Å². The van der Waals surface area contributed by atoms with Crippen molar-refractivity contribution >= 4 is 41.0 Å². The van der Waals surface area contributed by atoms with Gasteiger partial charge in [0.15, 0.2) is 11.5 Å². The van der Waals surface area contributed by atoms with Gasteiger partial charge in [-0.1, -0.05) is 23.7 Å². The third-order valence-electron chi connectivity index (χ3n) is 5.60. The number of carbonyl (C=O) groups excluding carboxylic acids is 3. The summed E-state index contributed by atoms with van der Waals surface area (Å²) in [6.07, 6.45) is 3.95. The molecule has 36 heavy (non-hydrogen) atoms. The Labute approximate surface area is 216 Å². The van der Waals surface area contributed by atoms with Gasteiger partial charge in [-0.3, -0.25) is 9.59 Å². The number of rotatable bonds is 10. The van der Waals surface area contributed by atoms with E-state index in [0.29, 0.717) is 60.3 Å². The molecule has 2 aromatic rings. The van der Waals surface area contributed by atoms with Gasteiger partial charge in [-0.05, 0) is 54.8 Å². The molecule has 3 rings (SSSR count). The summed E-state index contributed by atoms with van der Waals surface area (Å²) in [5.74, 6) is 0.903. The highest BCUT2D eigenvalue weighted by atomic mass is 35.5. The number of aryl methyl sites for hydroxylation is 1. The SMILES string of the molecule is COc1cc(CCC(C)=O)ccc1OCC1CN(C(=O)/C=C/c2ccc(Cl)cc2NC(C)=O)CCO1. The van der Waals surface area contributed by atoms with Crippen molar-refractivity contribution in [3.05, 3.63) is 58.6 Å². The van der Waals surface area contributed by atoms with Crippen LogP contribution in [0.2, 0.25) is 5.02 Å². The lowest BCUT2D eigenvalue weighted by Crippen LogP contribution is -2.47. The van der Waals surface area contributed by atoms with Crippen LogP contribution in [-0.4, -0.2) is 62.0 Å². The Hall–Kier alpha value is -3.36. The van der Waals surface area contributed by atoms with Gasteiger partial charge in [-0.2, -0.15) is 0 Å². The second-order valence-electron chi connectivity index (χ2n) is 8.52. The van der Waals surface area contributed by atoms with E-state index in [2.05, 4.69) is 5.32 Å². The zero-order valence-electron chi connectivity index (χ0n) is 20.7. The summed E-state index contributed by atoms with van der Waals surface area (Å²) in [4.78, 5) is 37.2. The lowest BCUT2D eigenvalue weighted by molar-refractivity contribution is -0.134. The third-order valence-corrected chi connectivity index (χ3v) is 5.84. The van der Waals surface area contributed by atoms with Crippen molar-refractivity contribution in [1.29, 1.82) is 0 Å². The van der Waals surface area contributed by atoms with Crippen molar-refractivity contribution in [2.75, 3.05) is 38.7 Å². The van der Waals surface area contributed by atoms with E-state index in [1.165, 1.54) is 13.0 Å². The molecule has 0 radical (unpaired) electrons. The predicted molar refractivity (Wildman–Crippen MR) is 139 cm³/mol. The maximum Gasteiger partial charge on any atom is 0.246 e. The number of ketones is 1. The fourth-order valence-corrected chi connectivity index (χ4v) is 3.92. The maximum absolute atomic E-state index is 12.8. The van der Waals surface area contributed by atoms with E-state index in [-0.39, 0.29) is 30.3 Å². The van der Waals surface area contributed by atoms with E-state index in [9.17, 15) is 14.4 Å². The molecule has 0 aliphatic carbocycles. The van der Waals surface area contributed by atoms with Crippen LogP contribution in [0, 0.1) is 0 Å². The molecule has 192 valence electrons. The van der Waals surface area contributed by atoms with E-state index < -0.39 is 0 Å². The van der Waals surface area contributed by atoms with E-state index in [1.807, 2.05) is 18.2 Å². The topological polar surface area (TPSA) is 94.2 Å². The number of anilines is 1. The summed E-state index contributed by atoms with van der Waals surface area (Å²) < 4.78 is 17.2. The van der Waals surface area contributed by atoms with Crippen molar-refractivity contribution in [3.63, 3.8) is 0 Å². The van der Waals surface area contributed by atoms with Gasteiger partial charge in [-0.15, -0.1) is 0 Å². The molecule has 8 nitrogen and oxygen atoms in total. The molecule has 1 fully saturated rings. The Bertz CT molecular complexity index is 1130. The van der Waals surface area contributed by atoms with Crippen LogP contribution in [-0.2, 0) is 25.5 Å². The van der Waals surface area contributed by atoms with Gasteiger partial charge < -0.3 is 29.2 Å². The average Bonchev–Trinajstić information content (AvgIpc) is 2.85. The van der Waals surface area contributed by atoms with Crippen molar-refractivity contribution in [2.45, 2.75) is 32.8 Å². The Morgan fingerprint density at radius 3 is 2.69 bits per heavy atom. The number of morpholine rings is 1. The van der Waals surface area contributed by atoms with Gasteiger partial charge in [0.25, 0.3) is 0 Å². The number of hydrogen-bond donors (Lipinski definition) is 1. The van der Waals surface area contributed by atoms with E-state index in [1.54, 1.807) is 43.2 Å². The smallest absolute Gasteiger partial charge is 0.246 e. The minimum Gasteiger partial charge on any atom is -0.493 e. The van der Waals surface area contributed by atoms with E-state index in [4.69, 9.17) is 25.8 Å².